The number of amides is 1. The molecule has 6 atom stereocenters. The molecule has 1 aliphatic heterocycles. The van der Waals surface area contributed by atoms with Crippen LogP contribution in [-0.2, 0) is 41.1 Å². The van der Waals surface area contributed by atoms with Crippen LogP contribution >= 0.6 is 35.7 Å². The first kappa shape index (κ1) is 32.3. The summed E-state index contributed by atoms with van der Waals surface area (Å²) in [5.74, 6) is -0.861. The number of nitrogens with one attached hydrogen (secondary N) is 2. The lowest BCUT2D eigenvalue weighted by atomic mass is 10.1. The van der Waals surface area contributed by atoms with E-state index >= 15 is 0 Å². The smallest absolute Gasteiger partial charge is 0.387 e. The van der Waals surface area contributed by atoms with E-state index < -0.39 is 67.1 Å². The summed E-state index contributed by atoms with van der Waals surface area (Å²) in [6.45, 7) is -1.69. The number of fused-ring (bicyclic) bond motifs is 1. The second-order valence-corrected chi connectivity index (χ2v) is 12.9. The van der Waals surface area contributed by atoms with Crippen molar-refractivity contribution in [3.05, 3.63) is 29.4 Å². The number of nitrogens with zero attached hydrogens (tertiary/aromatic N) is 5. The third kappa shape index (κ3) is 8.28. The molecule has 0 aromatic carbocycles. The number of phosphoric ester groups is 1. The Hall–Kier alpha value is -2.59. The SMILES string of the molecule is Nc1nc(=S)c2ncn([C@@H]3O[C@H](COP(=O)(O)OP(=O)(O)OP(=O)(O)O)C(O)[C@@H]3OCC(=O)Nc3ncccn3)c2[nH]1. The molecule has 1 saturated heterocycles. The van der Waals surface area contributed by atoms with E-state index in [9.17, 15) is 33.4 Å². The van der Waals surface area contributed by atoms with E-state index in [2.05, 4.69) is 43.4 Å². The maximum absolute atomic E-state index is 12.4. The molecule has 3 unspecified atom stereocenters. The molecule has 1 fully saturated rings. The monoisotopic (exact) mass is 674 g/mol. The number of carbonyl (C=O) groups excluding carboxylic acids is 1. The largest absolute Gasteiger partial charge is 0.490 e. The molecule has 42 heavy (non-hydrogen) atoms. The highest BCUT2D eigenvalue weighted by Gasteiger charge is 2.48. The number of rotatable bonds is 12. The van der Waals surface area contributed by atoms with Crippen LogP contribution < -0.4 is 11.1 Å². The molecular formula is C16H21N8O14P3S. The normalized spacial score (nSPS) is 23.8. The standard InChI is InChI=1S/C16H21N8O14P3S/c17-15-22-12-9(13(42)23-15)20-6-24(12)14-11(34-5-8(25)21-16-18-2-1-3-19-16)10(26)7(36-14)4-35-40(30,31)38-41(32,33)37-39(27,28)29/h1-3,6-7,10-11,14,26H,4-5H2,(H,30,31)(H,32,33)(H2,27,28,29)(H3,17,22,23,42)(H,18,19,21,25)/t7-,10?,11+,14-/m1/s1. The summed E-state index contributed by atoms with van der Waals surface area (Å²) in [7, 11) is -17.0. The van der Waals surface area contributed by atoms with E-state index in [4.69, 9.17) is 37.2 Å². The predicted molar refractivity (Wildman–Crippen MR) is 137 cm³/mol. The first-order valence-corrected chi connectivity index (χ1v) is 16.0. The number of aliphatic hydroxyl groups excluding tert-OH is 1. The zero-order valence-electron chi connectivity index (χ0n) is 20.5. The minimum absolute atomic E-state index is 0.0162. The summed E-state index contributed by atoms with van der Waals surface area (Å²) in [6, 6.07) is 1.52. The lowest BCUT2D eigenvalue weighted by Gasteiger charge is -2.22. The van der Waals surface area contributed by atoms with Crippen molar-refractivity contribution in [3.63, 3.8) is 0 Å². The number of hydrogen-bond acceptors (Lipinski definition) is 16. The third-order valence-electron chi connectivity index (χ3n) is 5.09. The van der Waals surface area contributed by atoms with Gasteiger partial charge in [-0.1, -0.05) is 12.2 Å². The number of ether oxygens (including phenoxy) is 2. The lowest BCUT2D eigenvalue weighted by molar-refractivity contribution is -0.127. The highest BCUT2D eigenvalue weighted by molar-refractivity contribution is 7.71. The van der Waals surface area contributed by atoms with Gasteiger partial charge in [-0.2, -0.15) is 8.62 Å². The Kier molecular flexibility index (Phi) is 9.67. The van der Waals surface area contributed by atoms with Gasteiger partial charge in [-0.25, -0.2) is 33.6 Å². The van der Waals surface area contributed by atoms with Crippen molar-refractivity contribution in [3.8, 4) is 0 Å². The fraction of sp³-hybridized carbons (Fsp3) is 0.375. The Bertz CT molecular complexity index is 1650. The zero-order chi connectivity index (χ0) is 30.9. The van der Waals surface area contributed by atoms with Crippen molar-refractivity contribution in [1.82, 2.24) is 29.5 Å². The lowest BCUT2D eigenvalue weighted by Crippen LogP contribution is -2.37. The summed E-state index contributed by atoms with van der Waals surface area (Å²) >= 11 is 5.14. The van der Waals surface area contributed by atoms with Crippen LogP contribution in [0.25, 0.3) is 11.2 Å². The Labute approximate surface area is 238 Å². The molecule has 1 aliphatic rings. The van der Waals surface area contributed by atoms with Crippen LogP contribution in [0.2, 0.25) is 0 Å². The van der Waals surface area contributed by atoms with Gasteiger partial charge in [0, 0.05) is 12.4 Å². The van der Waals surface area contributed by atoms with E-state index in [1.54, 1.807) is 0 Å². The summed E-state index contributed by atoms with van der Waals surface area (Å²) in [5.41, 5.74) is 6.07. The average Bonchev–Trinajstić information content (AvgIpc) is 3.40. The summed E-state index contributed by atoms with van der Waals surface area (Å²) in [4.78, 5) is 67.2. The minimum Gasteiger partial charge on any atom is -0.387 e. The number of hydrogen-bond donors (Lipinski definition) is 8. The Morgan fingerprint density at radius 1 is 1.14 bits per heavy atom. The van der Waals surface area contributed by atoms with Gasteiger partial charge in [0.1, 0.15) is 36.1 Å². The number of H-pyrrole nitrogens is 1. The average molecular weight is 674 g/mol. The van der Waals surface area contributed by atoms with Gasteiger partial charge in [0.15, 0.2) is 16.8 Å². The van der Waals surface area contributed by atoms with E-state index in [0.717, 1.165) is 0 Å². The van der Waals surface area contributed by atoms with Crippen molar-refractivity contribution in [2.45, 2.75) is 24.5 Å². The molecule has 9 N–H and O–H groups in total. The van der Waals surface area contributed by atoms with Crippen LogP contribution in [-0.4, -0.2) is 91.6 Å². The van der Waals surface area contributed by atoms with Gasteiger partial charge in [-0.3, -0.25) is 19.2 Å². The summed E-state index contributed by atoms with van der Waals surface area (Å²) in [6.07, 6.45) is -2.00. The van der Waals surface area contributed by atoms with Gasteiger partial charge in [0.25, 0.3) is 5.91 Å². The fourth-order valence-corrected chi connectivity index (χ4v) is 6.85. The Morgan fingerprint density at radius 3 is 2.50 bits per heavy atom. The van der Waals surface area contributed by atoms with Crippen molar-refractivity contribution in [2.24, 2.45) is 0 Å². The van der Waals surface area contributed by atoms with Crippen LogP contribution in [0.3, 0.4) is 0 Å². The van der Waals surface area contributed by atoms with Gasteiger partial charge in [-0.15, -0.1) is 0 Å². The number of carbonyl (C=O) groups is 1. The third-order valence-corrected chi connectivity index (χ3v) is 9.18. The van der Waals surface area contributed by atoms with Crippen molar-refractivity contribution in [2.75, 3.05) is 24.3 Å². The molecule has 0 bridgehead atoms. The predicted octanol–water partition coefficient (Wildman–Crippen LogP) is -0.513. The molecule has 3 aromatic heterocycles. The number of aliphatic hydroxyl groups is 1. The second-order valence-electron chi connectivity index (χ2n) is 8.11. The Morgan fingerprint density at radius 2 is 1.83 bits per heavy atom. The van der Waals surface area contributed by atoms with Gasteiger partial charge in [0.2, 0.25) is 5.95 Å². The number of aromatic nitrogens is 6. The van der Waals surface area contributed by atoms with Crippen LogP contribution in [0.5, 0.6) is 0 Å². The topological polar surface area (TPSA) is 326 Å². The van der Waals surface area contributed by atoms with Crippen LogP contribution in [0, 0.1) is 4.64 Å². The number of nitrogen functional groups attached to an aromatic ring is 1. The van der Waals surface area contributed by atoms with Crippen LogP contribution in [0.1, 0.15) is 6.23 Å². The number of nitrogens with two attached hydrogens (primary N) is 1. The number of anilines is 2. The molecule has 230 valence electrons. The van der Waals surface area contributed by atoms with E-state index in [0.29, 0.717) is 0 Å². The second kappa shape index (κ2) is 12.6. The molecule has 1 amide bonds. The van der Waals surface area contributed by atoms with Crippen molar-refractivity contribution < 1.29 is 65.8 Å². The van der Waals surface area contributed by atoms with Gasteiger partial charge in [-0.05, 0) is 6.07 Å². The molecular weight excluding hydrogens is 653 g/mol. The number of phosphoric acid groups is 3. The Balaban J connectivity index is 1.53. The molecule has 0 aliphatic carbocycles. The van der Waals surface area contributed by atoms with Crippen LogP contribution in [0.15, 0.2) is 24.8 Å². The molecule has 0 saturated carbocycles. The summed E-state index contributed by atoms with van der Waals surface area (Å²) in [5, 5.41) is 13.3. The molecule has 22 nitrogen and oxygen atoms in total. The van der Waals surface area contributed by atoms with Crippen molar-refractivity contribution in [1.29, 1.82) is 0 Å². The van der Waals surface area contributed by atoms with Crippen molar-refractivity contribution >= 4 is 64.7 Å². The molecule has 4 rings (SSSR count). The maximum Gasteiger partial charge on any atom is 0.490 e. The van der Waals surface area contributed by atoms with Gasteiger partial charge >= 0.3 is 23.5 Å². The molecule has 4 heterocycles. The highest BCUT2D eigenvalue weighted by atomic mass is 32.1. The van der Waals surface area contributed by atoms with Gasteiger partial charge in [0.05, 0.1) is 12.9 Å². The minimum atomic E-state index is -5.79. The number of imidazole rings is 1. The van der Waals surface area contributed by atoms with Crippen LogP contribution in [0.4, 0.5) is 11.9 Å². The number of aromatic amines is 1. The quantitative estimate of drug-likeness (QED) is 0.0885. The van der Waals surface area contributed by atoms with Gasteiger partial charge < -0.3 is 44.9 Å². The van der Waals surface area contributed by atoms with E-state index in [-0.39, 0.29) is 27.7 Å². The molecule has 0 spiro atoms. The first-order valence-electron chi connectivity index (χ1n) is 11.1. The molecule has 3 aromatic rings. The maximum atomic E-state index is 12.4. The molecule has 26 heteroatoms. The fourth-order valence-electron chi connectivity index (χ4n) is 3.57. The highest BCUT2D eigenvalue weighted by Crippen LogP contribution is 2.66. The zero-order valence-corrected chi connectivity index (χ0v) is 24.0. The van der Waals surface area contributed by atoms with E-state index in [1.807, 2.05) is 0 Å². The molecule has 0 radical (unpaired) electrons. The first-order chi connectivity index (χ1) is 19.5. The summed E-state index contributed by atoms with van der Waals surface area (Å²) < 4.78 is 59.1. The van der Waals surface area contributed by atoms with E-state index in [1.165, 1.54) is 29.4 Å².